The molecule has 2 heterocycles. The summed E-state index contributed by atoms with van der Waals surface area (Å²) < 4.78 is 10.8. The van der Waals surface area contributed by atoms with Crippen LogP contribution in [0.15, 0.2) is 58.6 Å². The largest absolute Gasteiger partial charge is 0.464 e. The predicted molar refractivity (Wildman–Crippen MR) is 95.8 cm³/mol. The number of unbranched alkanes of at least 4 members (excludes halogenated alkanes) is 2. The molecule has 3 aliphatic rings. The van der Waals surface area contributed by atoms with E-state index < -0.39 is 11.6 Å². The fourth-order valence-electron chi connectivity index (χ4n) is 3.37. The molecule has 0 saturated carbocycles. The van der Waals surface area contributed by atoms with Crippen molar-refractivity contribution < 1.29 is 23.9 Å². The van der Waals surface area contributed by atoms with Crippen molar-refractivity contribution in [1.82, 2.24) is 0 Å². The maximum Gasteiger partial charge on any atom is 0.343 e. The molecule has 0 radical (unpaired) electrons. The second-order valence-corrected chi connectivity index (χ2v) is 6.72. The quantitative estimate of drug-likeness (QED) is 0.414. The predicted octanol–water partition coefficient (Wildman–Crippen LogP) is 3.63. The van der Waals surface area contributed by atoms with Crippen molar-refractivity contribution in [3.8, 4) is 0 Å². The number of hydrogen-bond acceptors (Lipinski definition) is 5. The van der Waals surface area contributed by atoms with Gasteiger partial charge in [0.1, 0.15) is 17.6 Å². The smallest absolute Gasteiger partial charge is 0.343 e. The van der Waals surface area contributed by atoms with Crippen LogP contribution in [0, 0.1) is 0 Å². The van der Waals surface area contributed by atoms with Crippen molar-refractivity contribution in [3.63, 3.8) is 0 Å². The van der Waals surface area contributed by atoms with E-state index in [1.54, 1.807) is 18.2 Å². The molecule has 0 aromatic carbocycles. The summed E-state index contributed by atoms with van der Waals surface area (Å²) in [6.07, 6.45) is 11.3. The third kappa shape index (κ3) is 2.87. The van der Waals surface area contributed by atoms with Gasteiger partial charge in [0.15, 0.2) is 11.4 Å². The lowest BCUT2D eigenvalue weighted by atomic mass is 9.77. The number of ether oxygens (including phenoxy) is 2. The average molecular weight is 354 g/mol. The molecule has 0 bridgehead atoms. The van der Waals surface area contributed by atoms with E-state index in [1.165, 1.54) is 13.2 Å². The van der Waals surface area contributed by atoms with E-state index in [-0.39, 0.29) is 23.6 Å². The first-order valence-corrected chi connectivity index (χ1v) is 8.91. The molecule has 0 amide bonds. The number of Topliss-reactive ketones (excluding diaryl/α,β-unsaturated/α-hetero) is 2. The van der Waals surface area contributed by atoms with E-state index in [2.05, 4.69) is 0 Å². The Hall–Kier alpha value is -2.69. The van der Waals surface area contributed by atoms with E-state index >= 15 is 0 Å². The summed E-state index contributed by atoms with van der Waals surface area (Å²) in [5, 5.41) is 0. The monoisotopic (exact) mass is 354 g/mol. The van der Waals surface area contributed by atoms with E-state index in [9.17, 15) is 14.4 Å². The highest BCUT2D eigenvalue weighted by Gasteiger charge is 2.54. The molecule has 1 atom stereocenters. The fraction of sp³-hybridized carbons (Fsp3) is 0.381. The van der Waals surface area contributed by atoms with Gasteiger partial charge in [-0.15, -0.1) is 0 Å². The molecule has 0 aromatic heterocycles. The molecule has 0 saturated heterocycles. The lowest BCUT2D eigenvalue weighted by Gasteiger charge is -2.30. The van der Waals surface area contributed by atoms with Crippen molar-refractivity contribution in [1.29, 1.82) is 0 Å². The molecule has 136 valence electrons. The summed E-state index contributed by atoms with van der Waals surface area (Å²) in [7, 11) is 0. The van der Waals surface area contributed by atoms with Crippen molar-refractivity contribution >= 4 is 17.5 Å². The number of fused-ring (bicyclic) bond motifs is 2. The summed E-state index contributed by atoms with van der Waals surface area (Å²) >= 11 is 0. The van der Waals surface area contributed by atoms with Crippen LogP contribution in [0.1, 0.15) is 46.5 Å². The second-order valence-electron chi connectivity index (χ2n) is 6.72. The van der Waals surface area contributed by atoms with Crippen LogP contribution < -0.4 is 0 Å². The molecule has 0 aromatic rings. The number of allylic oxidation sites excluding steroid dienone is 4. The number of ketones is 2. The van der Waals surface area contributed by atoms with Crippen molar-refractivity contribution in [2.24, 2.45) is 0 Å². The lowest BCUT2D eigenvalue weighted by molar-refractivity contribution is -0.153. The Balaban J connectivity index is 2.06. The van der Waals surface area contributed by atoms with E-state index in [0.29, 0.717) is 28.9 Å². The van der Waals surface area contributed by atoms with Gasteiger partial charge in [-0.2, -0.15) is 0 Å². The Morgan fingerprint density at radius 2 is 2.00 bits per heavy atom. The molecule has 26 heavy (non-hydrogen) atoms. The Labute approximate surface area is 152 Å². The first-order valence-electron chi connectivity index (χ1n) is 8.91. The van der Waals surface area contributed by atoms with Gasteiger partial charge in [0.25, 0.3) is 0 Å². The molecule has 2 aliphatic heterocycles. The molecular formula is C21H22O5. The Kier molecular flexibility index (Phi) is 4.81. The normalized spacial score (nSPS) is 24.5. The van der Waals surface area contributed by atoms with Crippen LogP contribution in [0.3, 0.4) is 0 Å². The number of carbonyl (C=O) groups is 3. The van der Waals surface area contributed by atoms with Crippen LogP contribution in [-0.2, 0) is 23.9 Å². The lowest BCUT2D eigenvalue weighted by Crippen LogP contribution is -2.41. The van der Waals surface area contributed by atoms with Gasteiger partial charge in [0.2, 0.25) is 5.78 Å². The number of esters is 1. The summed E-state index contributed by atoms with van der Waals surface area (Å²) in [5.74, 6) is -0.762. The first-order chi connectivity index (χ1) is 12.4. The zero-order valence-corrected chi connectivity index (χ0v) is 15.3. The second kappa shape index (κ2) is 6.90. The highest BCUT2D eigenvalue weighted by molar-refractivity contribution is 6.24. The van der Waals surface area contributed by atoms with Crippen LogP contribution in [0.4, 0.5) is 0 Å². The third-order valence-electron chi connectivity index (χ3n) is 4.80. The van der Waals surface area contributed by atoms with Gasteiger partial charge >= 0.3 is 5.97 Å². The summed E-state index contributed by atoms with van der Waals surface area (Å²) in [4.78, 5) is 37.9. The number of rotatable bonds is 6. The molecule has 0 unspecified atom stereocenters. The Morgan fingerprint density at radius 3 is 2.69 bits per heavy atom. The average Bonchev–Trinajstić information content (AvgIpc) is 2.86. The van der Waals surface area contributed by atoms with Crippen LogP contribution in [-0.4, -0.2) is 23.1 Å². The van der Waals surface area contributed by atoms with Crippen molar-refractivity contribution in [2.45, 2.75) is 52.1 Å². The molecular weight excluding hydrogens is 332 g/mol. The van der Waals surface area contributed by atoms with Gasteiger partial charge in [0, 0.05) is 12.0 Å². The van der Waals surface area contributed by atoms with Gasteiger partial charge < -0.3 is 9.47 Å². The van der Waals surface area contributed by atoms with Crippen LogP contribution in [0.5, 0.6) is 0 Å². The summed E-state index contributed by atoms with van der Waals surface area (Å²) in [6, 6.07) is 0. The third-order valence-corrected chi connectivity index (χ3v) is 4.80. The minimum absolute atomic E-state index is 0.0102. The minimum atomic E-state index is -1.46. The topological polar surface area (TPSA) is 69.7 Å². The van der Waals surface area contributed by atoms with Crippen LogP contribution >= 0.6 is 0 Å². The van der Waals surface area contributed by atoms with E-state index in [4.69, 9.17) is 9.47 Å². The minimum Gasteiger partial charge on any atom is -0.464 e. The maximum absolute atomic E-state index is 12.9. The van der Waals surface area contributed by atoms with E-state index in [0.717, 1.165) is 12.8 Å². The SMILES string of the molecule is C/C=C/C1=CC2=CC3=C(C(=O)CCCCC)C(=O)O[C@@]3(C)C(=O)C2=CO1. The van der Waals surface area contributed by atoms with Gasteiger partial charge in [-0.3, -0.25) is 9.59 Å². The van der Waals surface area contributed by atoms with Gasteiger partial charge in [-0.25, -0.2) is 4.79 Å². The zero-order valence-electron chi connectivity index (χ0n) is 15.3. The molecule has 5 heteroatoms. The van der Waals surface area contributed by atoms with Crippen LogP contribution in [0.2, 0.25) is 0 Å². The Bertz CT molecular complexity index is 834. The van der Waals surface area contributed by atoms with E-state index in [1.807, 2.05) is 19.9 Å². The first kappa shape index (κ1) is 18.1. The molecule has 1 aliphatic carbocycles. The molecule has 0 fully saturated rings. The standard InChI is InChI=1S/C21H22O5/c1-4-6-7-9-17(22)18-16-11-13-10-14(8-5-2)25-12-15(13)19(23)21(16,3)26-20(18)24/h5,8,10-12H,4,6-7,9H2,1-3H3/b8-5+/t21-/m1/s1. The fourth-order valence-corrected chi connectivity index (χ4v) is 3.37. The molecule has 5 nitrogen and oxygen atoms in total. The van der Waals surface area contributed by atoms with Gasteiger partial charge in [-0.1, -0.05) is 25.8 Å². The molecule has 0 N–H and O–H groups in total. The highest BCUT2D eigenvalue weighted by atomic mass is 16.6. The number of hydrogen-bond donors (Lipinski definition) is 0. The summed E-state index contributed by atoms with van der Waals surface area (Å²) in [5.41, 5.74) is -0.122. The Morgan fingerprint density at radius 1 is 1.23 bits per heavy atom. The maximum atomic E-state index is 12.9. The van der Waals surface area contributed by atoms with Crippen molar-refractivity contribution in [3.05, 3.63) is 58.6 Å². The molecule has 0 spiro atoms. The highest BCUT2D eigenvalue weighted by Crippen LogP contribution is 2.44. The van der Waals surface area contributed by atoms with Gasteiger partial charge in [0.05, 0.1) is 5.57 Å². The van der Waals surface area contributed by atoms with Gasteiger partial charge in [-0.05, 0) is 44.1 Å². The van der Waals surface area contributed by atoms with Crippen LogP contribution in [0.25, 0.3) is 0 Å². The number of carbonyl (C=O) groups excluding carboxylic acids is 3. The van der Waals surface area contributed by atoms with Crippen molar-refractivity contribution in [2.75, 3.05) is 0 Å². The molecule has 3 rings (SSSR count). The zero-order chi connectivity index (χ0) is 18.9. The summed E-state index contributed by atoms with van der Waals surface area (Å²) in [6.45, 7) is 5.44.